The standard InChI is InChI=1S/C9H12N2O2/c1-6-5-9(13)8(4-7(6)12)10-2-3-11-9/h4-5,10-11,13H,2-3H2,1H3. The molecule has 1 atom stereocenters. The van der Waals surface area contributed by atoms with E-state index in [1.165, 1.54) is 6.08 Å². The van der Waals surface area contributed by atoms with Crippen molar-refractivity contribution in [1.29, 1.82) is 0 Å². The first-order chi connectivity index (χ1) is 6.12. The SMILES string of the molecule is CC1=CC2(O)NCCNC2=CC1=O. The van der Waals surface area contributed by atoms with Crippen molar-refractivity contribution in [2.24, 2.45) is 0 Å². The molecule has 3 N–H and O–H groups in total. The summed E-state index contributed by atoms with van der Waals surface area (Å²) in [5, 5.41) is 15.9. The Balaban J connectivity index is 2.39. The highest BCUT2D eigenvalue weighted by Gasteiger charge is 2.35. The zero-order valence-electron chi connectivity index (χ0n) is 7.42. The molecule has 0 spiro atoms. The summed E-state index contributed by atoms with van der Waals surface area (Å²) in [6.45, 7) is 3.12. The predicted molar refractivity (Wildman–Crippen MR) is 47.8 cm³/mol. The number of hydrogen-bond donors (Lipinski definition) is 3. The zero-order chi connectivity index (χ0) is 9.47. The summed E-state index contributed by atoms with van der Waals surface area (Å²) in [6, 6.07) is 0. The Hall–Kier alpha value is -1.13. The van der Waals surface area contributed by atoms with Crippen LogP contribution in [0.4, 0.5) is 0 Å². The molecule has 0 amide bonds. The quantitative estimate of drug-likeness (QED) is 0.460. The molecule has 0 aromatic rings. The second kappa shape index (κ2) is 2.68. The Morgan fingerprint density at radius 1 is 1.54 bits per heavy atom. The van der Waals surface area contributed by atoms with E-state index in [0.717, 1.165) is 6.54 Å². The normalized spacial score (nSPS) is 32.9. The van der Waals surface area contributed by atoms with Gasteiger partial charge in [-0.15, -0.1) is 0 Å². The van der Waals surface area contributed by atoms with Crippen LogP contribution in [-0.2, 0) is 4.79 Å². The summed E-state index contributed by atoms with van der Waals surface area (Å²) in [5.74, 6) is -0.0455. The lowest BCUT2D eigenvalue weighted by Gasteiger charge is -2.36. The van der Waals surface area contributed by atoms with Crippen LogP contribution in [0.15, 0.2) is 23.4 Å². The molecule has 13 heavy (non-hydrogen) atoms. The second-order valence-electron chi connectivity index (χ2n) is 3.37. The van der Waals surface area contributed by atoms with Crippen LogP contribution in [-0.4, -0.2) is 29.7 Å². The Labute approximate surface area is 76.3 Å². The van der Waals surface area contributed by atoms with Gasteiger partial charge in [-0.1, -0.05) is 0 Å². The number of rotatable bonds is 0. The molecule has 4 nitrogen and oxygen atoms in total. The van der Waals surface area contributed by atoms with Crippen molar-refractivity contribution in [2.45, 2.75) is 12.6 Å². The van der Waals surface area contributed by atoms with Crippen LogP contribution in [0.5, 0.6) is 0 Å². The number of fused-ring (bicyclic) bond motifs is 1. The van der Waals surface area contributed by atoms with Gasteiger partial charge in [-0.2, -0.15) is 0 Å². The molecule has 4 heteroatoms. The van der Waals surface area contributed by atoms with Gasteiger partial charge in [0.2, 0.25) is 0 Å². The molecule has 0 saturated carbocycles. The maximum Gasteiger partial charge on any atom is 0.183 e. The van der Waals surface area contributed by atoms with Gasteiger partial charge < -0.3 is 10.4 Å². The summed E-state index contributed by atoms with van der Waals surface area (Å²) in [6.07, 6.45) is 3.00. The van der Waals surface area contributed by atoms with E-state index in [4.69, 9.17) is 0 Å². The number of carbonyl (C=O) groups excluding carboxylic acids is 1. The lowest BCUT2D eigenvalue weighted by atomic mass is 9.95. The maximum atomic E-state index is 11.3. The van der Waals surface area contributed by atoms with E-state index in [-0.39, 0.29) is 5.78 Å². The van der Waals surface area contributed by atoms with Gasteiger partial charge >= 0.3 is 0 Å². The Morgan fingerprint density at radius 2 is 2.31 bits per heavy atom. The van der Waals surface area contributed by atoms with E-state index in [1.54, 1.807) is 13.0 Å². The smallest absolute Gasteiger partial charge is 0.183 e. The fourth-order valence-electron chi connectivity index (χ4n) is 1.60. The van der Waals surface area contributed by atoms with Crippen LogP contribution in [0.1, 0.15) is 6.92 Å². The van der Waals surface area contributed by atoms with E-state index in [9.17, 15) is 9.90 Å². The molecule has 0 aromatic heterocycles. The second-order valence-corrected chi connectivity index (χ2v) is 3.37. The third kappa shape index (κ3) is 1.28. The fraction of sp³-hybridized carbons (Fsp3) is 0.444. The lowest BCUT2D eigenvalue weighted by Crippen LogP contribution is -2.57. The summed E-state index contributed by atoms with van der Waals surface area (Å²) in [7, 11) is 0. The molecule has 0 aromatic carbocycles. The molecule has 2 rings (SSSR count). The number of ketones is 1. The number of hydrogen-bond acceptors (Lipinski definition) is 4. The van der Waals surface area contributed by atoms with E-state index < -0.39 is 5.72 Å². The van der Waals surface area contributed by atoms with Crippen molar-refractivity contribution in [1.82, 2.24) is 10.6 Å². The zero-order valence-corrected chi connectivity index (χ0v) is 7.42. The summed E-state index contributed by atoms with van der Waals surface area (Å²) in [5.41, 5.74) is -0.0345. The summed E-state index contributed by atoms with van der Waals surface area (Å²) >= 11 is 0. The number of carbonyl (C=O) groups is 1. The van der Waals surface area contributed by atoms with Crippen molar-refractivity contribution in [3.8, 4) is 0 Å². The van der Waals surface area contributed by atoms with Crippen molar-refractivity contribution in [2.75, 3.05) is 13.1 Å². The van der Waals surface area contributed by atoms with Crippen LogP contribution < -0.4 is 10.6 Å². The first-order valence-electron chi connectivity index (χ1n) is 4.29. The predicted octanol–water partition coefficient (Wildman–Crippen LogP) is -0.719. The van der Waals surface area contributed by atoms with Gasteiger partial charge in [-0.3, -0.25) is 10.1 Å². The number of piperazine rings is 1. The van der Waals surface area contributed by atoms with Gasteiger partial charge in [0.25, 0.3) is 0 Å². The molecule has 1 saturated heterocycles. The van der Waals surface area contributed by atoms with Gasteiger partial charge in [-0.05, 0) is 18.6 Å². The topological polar surface area (TPSA) is 61.4 Å². The summed E-state index contributed by atoms with van der Waals surface area (Å²) < 4.78 is 0. The van der Waals surface area contributed by atoms with Crippen LogP contribution >= 0.6 is 0 Å². The van der Waals surface area contributed by atoms with Crippen LogP contribution in [0.2, 0.25) is 0 Å². The summed E-state index contributed by atoms with van der Waals surface area (Å²) in [4.78, 5) is 11.3. The molecule has 1 heterocycles. The first-order valence-corrected chi connectivity index (χ1v) is 4.29. The first kappa shape index (κ1) is 8.47. The number of aliphatic hydroxyl groups is 1. The van der Waals surface area contributed by atoms with Crippen LogP contribution in [0, 0.1) is 0 Å². The molecule has 0 bridgehead atoms. The van der Waals surface area contributed by atoms with E-state index >= 15 is 0 Å². The van der Waals surface area contributed by atoms with Gasteiger partial charge in [0.1, 0.15) is 0 Å². The highest BCUT2D eigenvalue weighted by Crippen LogP contribution is 2.22. The highest BCUT2D eigenvalue weighted by molar-refractivity contribution is 6.05. The Kier molecular flexibility index (Phi) is 1.75. The minimum atomic E-state index is -1.16. The van der Waals surface area contributed by atoms with E-state index in [2.05, 4.69) is 10.6 Å². The molecule has 1 aliphatic heterocycles. The monoisotopic (exact) mass is 180 g/mol. The number of nitrogens with one attached hydrogen (secondary N) is 2. The van der Waals surface area contributed by atoms with Gasteiger partial charge in [0.05, 0.1) is 5.70 Å². The fourth-order valence-corrected chi connectivity index (χ4v) is 1.60. The molecule has 0 radical (unpaired) electrons. The minimum Gasteiger partial charge on any atom is -0.383 e. The Bertz CT molecular complexity index is 320. The minimum absolute atomic E-state index is 0.0455. The Morgan fingerprint density at radius 3 is 3.08 bits per heavy atom. The van der Waals surface area contributed by atoms with Crippen LogP contribution in [0.3, 0.4) is 0 Å². The molecule has 1 unspecified atom stereocenters. The molecular formula is C9H12N2O2. The van der Waals surface area contributed by atoms with Crippen molar-refractivity contribution in [3.63, 3.8) is 0 Å². The largest absolute Gasteiger partial charge is 0.383 e. The van der Waals surface area contributed by atoms with Gasteiger partial charge in [-0.25, -0.2) is 0 Å². The highest BCUT2D eigenvalue weighted by atomic mass is 16.3. The third-order valence-corrected chi connectivity index (χ3v) is 2.34. The van der Waals surface area contributed by atoms with E-state index in [0.29, 0.717) is 17.8 Å². The molecule has 1 aliphatic carbocycles. The van der Waals surface area contributed by atoms with Gasteiger partial charge in [0.15, 0.2) is 11.5 Å². The van der Waals surface area contributed by atoms with Crippen molar-refractivity contribution in [3.05, 3.63) is 23.4 Å². The average Bonchev–Trinajstić information content (AvgIpc) is 2.07. The molecular weight excluding hydrogens is 168 g/mol. The van der Waals surface area contributed by atoms with Crippen LogP contribution in [0.25, 0.3) is 0 Å². The van der Waals surface area contributed by atoms with Gasteiger partial charge in [0, 0.05) is 19.2 Å². The lowest BCUT2D eigenvalue weighted by molar-refractivity contribution is -0.112. The number of allylic oxidation sites excluding steroid dienone is 2. The molecule has 2 aliphatic rings. The van der Waals surface area contributed by atoms with Crippen molar-refractivity contribution >= 4 is 5.78 Å². The van der Waals surface area contributed by atoms with E-state index in [1.807, 2.05) is 0 Å². The maximum absolute atomic E-state index is 11.3. The molecule has 1 fully saturated rings. The average molecular weight is 180 g/mol. The molecule has 70 valence electrons. The third-order valence-electron chi connectivity index (χ3n) is 2.34. The van der Waals surface area contributed by atoms with Crippen molar-refractivity contribution < 1.29 is 9.90 Å².